The molecule has 0 aliphatic rings. The number of rotatable bonds is 7. The van der Waals surface area contributed by atoms with Crippen molar-refractivity contribution in [2.24, 2.45) is 0 Å². The topological polar surface area (TPSA) is 71.5 Å². The molecule has 0 N–H and O–H groups in total. The van der Waals surface area contributed by atoms with Gasteiger partial charge in [-0.1, -0.05) is 0 Å². The highest BCUT2D eigenvalue weighted by Crippen LogP contribution is 2.19. The average Bonchev–Trinajstić information content (AvgIpc) is 1.98. The highest BCUT2D eigenvalue weighted by atomic mass is 33.1. The Balaban J connectivity index is 4.30. The molecule has 0 aromatic rings. The third-order valence-corrected chi connectivity index (χ3v) is 6.96. The van der Waals surface area contributed by atoms with Crippen molar-refractivity contribution < 1.29 is 16.8 Å². The lowest BCUT2D eigenvalue weighted by molar-refractivity contribution is 0.345. The summed E-state index contributed by atoms with van der Waals surface area (Å²) in [7, 11) is -0.861. The highest BCUT2D eigenvalue weighted by Gasteiger charge is 2.17. The predicted octanol–water partition coefficient (Wildman–Crippen LogP) is 0.302. The largest absolute Gasteiger partial charge is 0.305 e. The molecule has 0 bridgehead atoms. The lowest BCUT2D eigenvalue weighted by Crippen LogP contribution is -2.33. The molecule has 0 aliphatic heterocycles. The molecule has 98 valence electrons. The van der Waals surface area contributed by atoms with E-state index < -0.39 is 17.7 Å². The van der Waals surface area contributed by atoms with Gasteiger partial charge < -0.3 is 4.90 Å². The van der Waals surface area contributed by atoms with E-state index in [0.29, 0.717) is 11.5 Å². The minimum absolute atomic E-state index is 0.0838. The van der Waals surface area contributed by atoms with E-state index in [2.05, 4.69) is 0 Å². The molecule has 0 aromatic heterocycles. The van der Waals surface area contributed by atoms with Gasteiger partial charge in [0.2, 0.25) is 0 Å². The van der Waals surface area contributed by atoms with E-state index >= 15 is 0 Å². The second-order valence-electron chi connectivity index (χ2n) is 3.59. The zero-order chi connectivity index (χ0) is 13.0. The van der Waals surface area contributed by atoms with E-state index in [1.807, 2.05) is 4.90 Å². The van der Waals surface area contributed by atoms with Gasteiger partial charge in [-0.15, -0.1) is 0 Å². The Hall–Kier alpha value is 0.560. The first kappa shape index (κ1) is 16.6. The van der Waals surface area contributed by atoms with Crippen LogP contribution in [0, 0.1) is 0 Å². The maximum atomic E-state index is 11.0. The van der Waals surface area contributed by atoms with E-state index in [1.165, 1.54) is 0 Å². The molecule has 0 fully saturated rings. The summed E-state index contributed by atoms with van der Waals surface area (Å²) in [6, 6.07) is -0.0838. The molecular weight excluding hydrogens is 290 g/mol. The third kappa shape index (κ3) is 9.76. The van der Waals surface area contributed by atoms with Crippen LogP contribution in [0.15, 0.2) is 0 Å². The summed E-state index contributed by atoms with van der Waals surface area (Å²) in [5, 5.41) is 0. The summed E-state index contributed by atoms with van der Waals surface area (Å²) in [5.74, 6) is 0.739. The Morgan fingerprint density at radius 2 is 1.25 bits per heavy atom. The van der Waals surface area contributed by atoms with Crippen LogP contribution in [0.25, 0.3) is 0 Å². The normalized spacial score (nSPS) is 13.6. The molecule has 0 unspecified atom stereocenters. The van der Waals surface area contributed by atoms with Crippen LogP contribution >= 0.6 is 21.6 Å². The summed E-state index contributed by atoms with van der Waals surface area (Å²) in [6.07, 6.45) is 2.29. The molecule has 0 aromatic carbocycles. The number of nitrogens with zero attached hydrogens (tertiary/aromatic N) is 1. The first-order valence-electron chi connectivity index (χ1n) is 4.36. The van der Waals surface area contributed by atoms with Crippen molar-refractivity contribution in [3.05, 3.63) is 0 Å². The zero-order valence-corrected chi connectivity index (χ0v) is 13.0. The van der Waals surface area contributed by atoms with Crippen LogP contribution in [0.3, 0.4) is 0 Å². The Bertz CT molecular complexity index is 364. The monoisotopic (exact) mass is 307 g/mol. The maximum absolute atomic E-state index is 11.0. The second-order valence-corrected chi connectivity index (χ2v) is 12.6. The SMILES string of the molecule is CN(C)C(CSS(C)(=O)=O)CSS(C)(=O)=O. The van der Waals surface area contributed by atoms with Gasteiger partial charge in [-0.3, -0.25) is 0 Å². The van der Waals surface area contributed by atoms with E-state index in [1.54, 1.807) is 14.1 Å². The summed E-state index contributed by atoms with van der Waals surface area (Å²) >= 11 is 0. The quantitative estimate of drug-likeness (QED) is 0.626. The molecule has 0 rings (SSSR count). The van der Waals surface area contributed by atoms with E-state index in [4.69, 9.17) is 0 Å². The lowest BCUT2D eigenvalue weighted by atomic mass is 10.4. The van der Waals surface area contributed by atoms with Crippen molar-refractivity contribution in [3.8, 4) is 0 Å². The third-order valence-electron chi connectivity index (χ3n) is 1.68. The summed E-state index contributed by atoms with van der Waals surface area (Å²) in [4.78, 5) is 1.83. The van der Waals surface area contributed by atoms with Gasteiger partial charge in [-0.2, -0.15) is 0 Å². The first-order valence-corrected chi connectivity index (χ1v) is 11.2. The van der Waals surface area contributed by atoms with Crippen molar-refractivity contribution >= 4 is 39.3 Å². The first-order chi connectivity index (χ1) is 7.01. The Morgan fingerprint density at radius 1 is 0.938 bits per heavy atom. The molecule has 0 amide bonds. The minimum atomic E-state index is -3.08. The second kappa shape index (κ2) is 6.48. The molecule has 0 heterocycles. The van der Waals surface area contributed by atoms with Crippen molar-refractivity contribution in [1.82, 2.24) is 4.90 Å². The fourth-order valence-electron chi connectivity index (χ4n) is 0.751. The van der Waals surface area contributed by atoms with Gasteiger partial charge in [0.15, 0.2) is 17.7 Å². The standard InChI is InChI=1S/C7H17NO4S4/c1-8(2)7(5-13-15(3,9)10)6-14-16(4,11)12/h7H,5-6H2,1-4H3. The van der Waals surface area contributed by atoms with Crippen LogP contribution in [-0.4, -0.2) is 65.9 Å². The van der Waals surface area contributed by atoms with Crippen molar-refractivity contribution in [2.45, 2.75) is 6.04 Å². The smallest absolute Gasteiger partial charge is 0.198 e. The summed E-state index contributed by atoms with van der Waals surface area (Å²) in [5.41, 5.74) is 0. The van der Waals surface area contributed by atoms with E-state index in [0.717, 1.165) is 34.1 Å². The van der Waals surface area contributed by atoms with Crippen LogP contribution in [0.4, 0.5) is 0 Å². The molecule has 0 radical (unpaired) electrons. The highest BCUT2D eigenvalue weighted by molar-refractivity contribution is 8.72. The Kier molecular flexibility index (Phi) is 6.71. The molecule has 0 spiro atoms. The summed E-state index contributed by atoms with van der Waals surface area (Å²) < 4.78 is 43.9. The van der Waals surface area contributed by atoms with E-state index in [-0.39, 0.29) is 6.04 Å². The van der Waals surface area contributed by atoms with Gasteiger partial charge in [0.05, 0.1) is 0 Å². The molecular formula is C7H17NO4S4. The molecule has 0 atom stereocenters. The number of hydrogen-bond acceptors (Lipinski definition) is 7. The molecule has 0 saturated heterocycles. The van der Waals surface area contributed by atoms with Crippen LogP contribution in [-0.2, 0) is 17.7 Å². The van der Waals surface area contributed by atoms with Crippen LogP contribution in [0.2, 0.25) is 0 Å². The lowest BCUT2D eigenvalue weighted by Gasteiger charge is -2.22. The fourth-order valence-corrected chi connectivity index (χ4v) is 4.97. The Labute approximate surface area is 105 Å². The minimum Gasteiger partial charge on any atom is -0.305 e. The molecule has 16 heavy (non-hydrogen) atoms. The Morgan fingerprint density at radius 3 is 1.44 bits per heavy atom. The predicted molar refractivity (Wildman–Crippen MR) is 72.1 cm³/mol. The van der Waals surface area contributed by atoms with Crippen molar-refractivity contribution in [1.29, 1.82) is 0 Å². The maximum Gasteiger partial charge on any atom is 0.198 e. The molecule has 5 nitrogen and oxygen atoms in total. The van der Waals surface area contributed by atoms with Gasteiger partial charge >= 0.3 is 0 Å². The number of hydrogen-bond donors (Lipinski definition) is 0. The van der Waals surface area contributed by atoms with Gasteiger partial charge in [-0.25, -0.2) is 16.8 Å². The van der Waals surface area contributed by atoms with Crippen molar-refractivity contribution in [2.75, 3.05) is 38.1 Å². The fraction of sp³-hybridized carbons (Fsp3) is 1.00. The van der Waals surface area contributed by atoms with Gasteiger partial charge in [0, 0.05) is 30.1 Å². The molecule has 9 heteroatoms. The van der Waals surface area contributed by atoms with E-state index in [9.17, 15) is 16.8 Å². The van der Waals surface area contributed by atoms with Crippen LogP contribution < -0.4 is 0 Å². The van der Waals surface area contributed by atoms with Crippen LogP contribution in [0.1, 0.15) is 0 Å². The van der Waals surface area contributed by atoms with Crippen molar-refractivity contribution in [3.63, 3.8) is 0 Å². The van der Waals surface area contributed by atoms with Crippen LogP contribution in [0.5, 0.6) is 0 Å². The average molecular weight is 307 g/mol. The van der Waals surface area contributed by atoms with Gasteiger partial charge in [-0.05, 0) is 35.7 Å². The summed E-state index contributed by atoms with van der Waals surface area (Å²) in [6.45, 7) is 0. The van der Waals surface area contributed by atoms with Gasteiger partial charge in [0.25, 0.3) is 0 Å². The molecule has 0 saturated carbocycles. The zero-order valence-electron chi connectivity index (χ0n) is 9.70. The molecule has 0 aliphatic carbocycles. The van der Waals surface area contributed by atoms with Gasteiger partial charge in [0.1, 0.15) is 0 Å².